The van der Waals surface area contributed by atoms with Gasteiger partial charge in [0.1, 0.15) is 0 Å². The molecule has 0 spiro atoms. The molecule has 1 heterocycles. The SMILES string of the molecule is C=C(CN)CN1CC(C)CCC1C. The molecule has 2 unspecified atom stereocenters. The molecule has 0 bridgehead atoms. The van der Waals surface area contributed by atoms with Crippen molar-refractivity contribution >= 4 is 0 Å². The Morgan fingerprint density at radius 1 is 1.46 bits per heavy atom. The van der Waals surface area contributed by atoms with E-state index in [2.05, 4.69) is 25.3 Å². The summed E-state index contributed by atoms with van der Waals surface area (Å²) in [7, 11) is 0. The standard InChI is InChI=1S/C11H22N2/c1-9-4-5-11(3)13(7-9)8-10(2)6-12/h9,11H,2,4-8,12H2,1,3H3. The predicted octanol–water partition coefficient (Wildman–Crippen LogP) is 1.62. The molecule has 0 amide bonds. The highest BCUT2D eigenvalue weighted by Gasteiger charge is 2.22. The van der Waals surface area contributed by atoms with Gasteiger partial charge in [-0.2, -0.15) is 0 Å². The number of hydrogen-bond donors (Lipinski definition) is 1. The second kappa shape index (κ2) is 4.77. The van der Waals surface area contributed by atoms with Gasteiger partial charge >= 0.3 is 0 Å². The second-order valence-corrected chi connectivity index (χ2v) is 4.42. The number of hydrogen-bond acceptors (Lipinski definition) is 2. The lowest BCUT2D eigenvalue weighted by Gasteiger charge is -2.37. The average Bonchev–Trinajstić information content (AvgIpc) is 2.11. The maximum absolute atomic E-state index is 5.54. The Labute approximate surface area is 81.8 Å². The third-order valence-electron chi connectivity index (χ3n) is 2.96. The van der Waals surface area contributed by atoms with E-state index in [0.717, 1.165) is 18.0 Å². The number of nitrogens with zero attached hydrogens (tertiary/aromatic N) is 1. The molecule has 2 N–H and O–H groups in total. The van der Waals surface area contributed by atoms with E-state index >= 15 is 0 Å². The van der Waals surface area contributed by atoms with Gasteiger partial charge in [-0.25, -0.2) is 0 Å². The van der Waals surface area contributed by atoms with Gasteiger partial charge in [-0.3, -0.25) is 4.90 Å². The molecule has 0 saturated carbocycles. The Bertz CT molecular complexity index is 177. The van der Waals surface area contributed by atoms with Crippen LogP contribution in [0, 0.1) is 5.92 Å². The molecule has 2 heteroatoms. The summed E-state index contributed by atoms with van der Waals surface area (Å²) in [6.45, 7) is 11.4. The molecule has 0 aromatic heterocycles. The molecule has 1 aliphatic heterocycles. The first kappa shape index (κ1) is 10.7. The van der Waals surface area contributed by atoms with Crippen LogP contribution >= 0.6 is 0 Å². The molecule has 0 aliphatic carbocycles. The van der Waals surface area contributed by atoms with Crippen molar-refractivity contribution in [2.24, 2.45) is 11.7 Å². The molecule has 76 valence electrons. The first-order chi connectivity index (χ1) is 6.13. The van der Waals surface area contributed by atoms with Crippen molar-refractivity contribution in [3.8, 4) is 0 Å². The average molecular weight is 182 g/mol. The van der Waals surface area contributed by atoms with Crippen molar-refractivity contribution < 1.29 is 0 Å². The molecular weight excluding hydrogens is 160 g/mol. The van der Waals surface area contributed by atoms with Gasteiger partial charge in [-0.1, -0.05) is 13.5 Å². The lowest BCUT2D eigenvalue weighted by molar-refractivity contribution is 0.136. The Kier molecular flexibility index (Phi) is 3.94. The molecule has 0 radical (unpaired) electrons. The van der Waals surface area contributed by atoms with Crippen LogP contribution in [0.2, 0.25) is 0 Å². The van der Waals surface area contributed by atoms with Crippen LogP contribution in [0.15, 0.2) is 12.2 Å². The van der Waals surface area contributed by atoms with Crippen LogP contribution < -0.4 is 5.73 Å². The normalized spacial score (nSPS) is 30.4. The van der Waals surface area contributed by atoms with Gasteiger partial charge in [0, 0.05) is 25.7 Å². The molecule has 1 aliphatic rings. The Morgan fingerprint density at radius 2 is 2.15 bits per heavy atom. The zero-order valence-electron chi connectivity index (χ0n) is 8.92. The van der Waals surface area contributed by atoms with E-state index in [1.54, 1.807) is 0 Å². The summed E-state index contributed by atoms with van der Waals surface area (Å²) in [5, 5.41) is 0. The highest BCUT2D eigenvalue weighted by atomic mass is 15.2. The van der Waals surface area contributed by atoms with Crippen LogP contribution in [-0.2, 0) is 0 Å². The zero-order chi connectivity index (χ0) is 9.84. The second-order valence-electron chi connectivity index (χ2n) is 4.42. The summed E-state index contributed by atoms with van der Waals surface area (Å²) >= 11 is 0. The van der Waals surface area contributed by atoms with E-state index in [9.17, 15) is 0 Å². The fraction of sp³-hybridized carbons (Fsp3) is 0.818. The van der Waals surface area contributed by atoms with Gasteiger partial charge in [0.05, 0.1) is 0 Å². The van der Waals surface area contributed by atoms with Gasteiger partial charge in [0.2, 0.25) is 0 Å². The minimum atomic E-state index is 0.623. The third kappa shape index (κ3) is 3.12. The van der Waals surface area contributed by atoms with Gasteiger partial charge in [-0.05, 0) is 31.3 Å². The van der Waals surface area contributed by atoms with Crippen molar-refractivity contribution in [3.05, 3.63) is 12.2 Å². The largest absolute Gasteiger partial charge is 0.327 e. The minimum absolute atomic E-state index is 0.623. The highest BCUT2D eigenvalue weighted by molar-refractivity contribution is 5.00. The van der Waals surface area contributed by atoms with E-state index in [1.165, 1.54) is 19.4 Å². The fourth-order valence-electron chi connectivity index (χ4n) is 1.95. The van der Waals surface area contributed by atoms with Gasteiger partial charge in [0.25, 0.3) is 0 Å². The van der Waals surface area contributed by atoms with E-state index < -0.39 is 0 Å². The van der Waals surface area contributed by atoms with Crippen LogP contribution in [0.5, 0.6) is 0 Å². The molecule has 1 rings (SSSR count). The van der Waals surface area contributed by atoms with Crippen molar-refractivity contribution in [3.63, 3.8) is 0 Å². The zero-order valence-corrected chi connectivity index (χ0v) is 8.92. The molecule has 1 fully saturated rings. The maximum Gasteiger partial charge on any atom is 0.0205 e. The van der Waals surface area contributed by atoms with E-state index in [-0.39, 0.29) is 0 Å². The third-order valence-corrected chi connectivity index (χ3v) is 2.96. The maximum atomic E-state index is 5.54. The van der Waals surface area contributed by atoms with E-state index in [1.807, 2.05) is 0 Å². The summed E-state index contributed by atoms with van der Waals surface area (Å²) in [5.41, 5.74) is 6.70. The number of piperidine rings is 1. The van der Waals surface area contributed by atoms with Crippen LogP contribution in [0.3, 0.4) is 0 Å². The van der Waals surface area contributed by atoms with Crippen LogP contribution in [0.25, 0.3) is 0 Å². The molecule has 13 heavy (non-hydrogen) atoms. The number of rotatable bonds is 3. The monoisotopic (exact) mass is 182 g/mol. The quantitative estimate of drug-likeness (QED) is 0.672. The summed E-state index contributed by atoms with van der Waals surface area (Å²) in [6.07, 6.45) is 2.69. The molecule has 2 atom stereocenters. The molecular formula is C11H22N2. The molecule has 1 saturated heterocycles. The summed E-state index contributed by atoms with van der Waals surface area (Å²) in [4.78, 5) is 2.50. The van der Waals surface area contributed by atoms with Crippen molar-refractivity contribution in [2.75, 3.05) is 19.6 Å². The van der Waals surface area contributed by atoms with Gasteiger partial charge < -0.3 is 5.73 Å². The van der Waals surface area contributed by atoms with E-state index in [0.29, 0.717) is 12.6 Å². The summed E-state index contributed by atoms with van der Waals surface area (Å²) in [5.74, 6) is 0.835. The Hall–Kier alpha value is -0.340. The lowest BCUT2D eigenvalue weighted by atomic mass is 9.95. The van der Waals surface area contributed by atoms with Gasteiger partial charge in [-0.15, -0.1) is 0 Å². The van der Waals surface area contributed by atoms with Crippen molar-refractivity contribution in [1.29, 1.82) is 0 Å². The fourth-order valence-corrected chi connectivity index (χ4v) is 1.95. The molecule has 0 aromatic carbocycles. The Balaban J connectivity index is 2.41. The van der Waals surface area contributed by atoms with Crippen LogP contribution in [0.4, 0.5) is 0 Å². The smallest absolute Gasteiger partial charge is 0.0205 e. The van der Waals surface area contributed by atoms with Crippen molar-refractivity contribution in [2.45, 2.75) is 32.7 Å². The molecule has 0 aromatic rings. The molecule has 2 nitrogen and oxygen atoms in total. The first-order valence-electron chi connectivity index (χ1n) is 5.24. The summed E-state index contributed by atoms with van der Waals surface area (Å²) < 4.78 is 0. The lowest BCUT2D eigenvalue weighted by Crippen LogP contribution is -2.42. The Morgan fingerprint density at radius 3 is 2.77 bits per heavy atom. The number of likely N-dealkylation sites (tertiary alicyclic amines) is 1. The highest BCUT2D eigenvalue weighted by Crippen LogP contribution is 2.21. The van der Waals surface area contributed by atoms with Gasteiger partial charge in [0.15, 0.2) is 0 Å². The van der Waals surface area contributed by atoms with Crippen LogP contribution in [-0.4, -0.2) is 30.6 Å². The van der Waals surface area contributed by atoms with Crippen molar-refractivity contribution in [1.82, 2.24) is 4.90 Å². The van der Waals surface area contributed by atoms with E-state index in [4.69, 9.17) is 5.73 Å². The topological polar surface area (TPSA) is 29.3 Å². The minimum Gasteiger partial charge on any atom is -0.327 e. The summed E-state index contributed by atoms with van der Waals surface area (Å²) in [6, 6.07) is 0.708. The first-order valence-corrected chi connectivity index (χ1v) is 5.24. The predicted molar refractivity (Wildman–Crippen MR) is 57.6 cm³/mol. The van der Waals surface area contributed by atoms with Crippen LogP contribution in [0.1, 0.15) is 26.7 Å². The number of nitrogens with two attached hydrogens (primary N) is 1.